The van der Waals surface area contributed by atoms with Crippen molar-refractivity contribution in [2.24, 2.45) is 22.2 Å². The maximum Gasteiger partial charge on any atom is 0.142 e. The minimum absolute atomic E-state index is 0. The molecule has 0 atom stereocenters. The maximum absolute atomic E-state index is 13.4. The number of Topliss-reactive ketones (excluding diaryl/α,β-unsaturated/α-hetero) is 4. The highest BCUT2D eigenvalue weighted by Crippen LogP contribution is 2.23. The van der Waals surface area contributed by atoms with E-state index in [9.17, 15) is 28.0 Å². The van der Waals surface area contributed by atoms with E-state index in [0.717, 1.165) is 56.3 Å². The van der Waals surface area contributed by atoms with Gasteiger partial charge in [-0.2, -0.15) is 0 Å². The fourth-order valence-electron chi connectivity index (χ4n) is 7.11. The molecule has 0 aliphatic rings. The molecule has 71 heavy (non-hydrogen) atoms. The first-order chi connectivity index (χ1) is 32.4. The highest BCUT2D eigenvalue weighted by Gasteiger charge is 2.19. The molecule has 0 N–H and O–H groups in total. The van der Waals surface area contributed by atoms with Crippen molar-refractivity contribution in [2.45, 2.75) is 168 Å². The summed E-state index contributed by atoms with van der Waals surface area (Å²) in [6.07, 6.45) is 6.02. The lowest BCUT2D eigenvalue weighted by atomic mass is 9.89. The standard InChI is InChI=1S/C16H22OS.2C15H19FOS.C14H18OS.CH4/c1-12-5-7-13(8-6-12)9-14(17)10-15(18)11-16(2,3)4;1-15(2,3)10-14(18)9-13(17)8-11-5-4-6-12(16)7-11;1-15(2,3)10-13(18)9-12(17)8-11-6-4-5-7-14(11)16;1-11(2)8-14(16)10-13(15)9-12-6-4-3-5-7-12;/h5-8H,9-11H2,1-4H3;2*4-7H,8-10H2,1-3H3;3-7,11H,8-10H2,1-2H3;1H4. The van der Waals surface area contributed by atoms with Crippen molar-refractivity contribution in [3.8, 4) is 0 Å². The molecule has 0 aliphatic carbocycles. The van der Waals surface area contributed by atoms with Crippen molar-refractivity contribution >= 4 is 91.5 Å². The van der Waals surface area contributed by atoms with Crippen molar-refractivity contribution < 1.29 is 28.0 Å². The number of halogens is 2. The van der Waals surface area contributed by atoms with Crippen molar-refractivity contribution in [3.05, 3.63) is 143 Å². The van der Waals surface area contributed by atoms with Crippen LogP contribution in [0.3, 0.4) is 0 Å². The van der Waals surface area contributed by atoms with Gasteiger partial charge in [0, 0.05) is 70.8 Å². The molecule has 0 fully saturated rings. The molecule has 0 amide bonds. The molecule has 10 heteroatoms. The quantitative estimate of drug-likeness (QED) is 0.0765. The molecule has 0 heterocycles. The Hall–Kier alpha value is -4.22. The molecular weight excluding hydrogens is 963 g/mol. The van der Waals surface area contributed by atoms with E-state index in [0.29, 0.717) is 49.1 Å². The summed E-state index contributed by atoms with van der Waals surface area (Å²) in [4.78, 5) is 50.5. The van der Waals surface area contributed by atoms with Gasteiger partial charge < -0.3 is 0 Å². The van der Waals surface area contributed by atoms with Crippen LogP contribution in [0.5, 0.6) is 0 Å². The minimum atomic E-state index is -0.326. The molecule has 0 bridgehead atoms. The van der Waals surface area contributed by atoms with Crippen LogP contribution in [0.15, 0.2) is 103 Å². The summed E-state index contributed by atoms with van der Waals surface area (Å²) in [5.41, 5.74) is 4.88. The molecule has 0 aliphatic heterocycles. The summed E-state index contributed by atoms with van der Waals surface area (Å²) >= 11 is 20.9. The molecule has 0 spiro atoms. The Bertz CT molecular complexity index is 2330. The van der Waals surface area contributed by atoms with Crippen LogP contribution in [0.25, 0.3) is 0 Å². The predicted octanol–water partition coefficient (Wildman–Crippen LogP) is 16.8. The molecule has 4 rings (SSSR count). The molecule has 4 nitrogen and oxygen atoms in total. The van der Waals surface area contributed by atoms with Crippen molar-refractivity contribution in [1.29, 1.82) is 0 Å². The van der Waals surface area contributed by atoms with Crippen LogP contribution >= 0.6 is 48.9 Å². The number of hydrogen-bond donors (Lipinski definition) is 0. The predicted molar refractivity (Wildman–Crippen MR) is 313 cm³/mol. The Morgan fingerprint density at radius 3 is 1.24 bits per heavy atom. The topological polar surface area (TPSA) is 68.3 Å². The number of ketones is 4. The number of benzene rings is 4. The lowest BCUT2D eigenvalue weighted by Crippen LogP contribution is -2.16. The third kappa shape index (κ3) is 36.4. The average molecular weight is 1050 g/mol. The van der Waals surface area contributed by atoms with Gasteiger partial charge in [0.25, 0.3) is 0 Å². The van der Waals surface area contributed by atoms with Gasteiger partial charge in [0.2, 0.25) is 0 Å². The Morgan fingerprint density at radius 1 is 0.465 bits per heavy atom. The van der Waals surface area contributed by atoms with Gasteiger partial charge in [-0.05, 0) is 95.2 Å². The van der Waals surface area contributed by atoms with Crippen LogP contribution in [0.4, 0.5) is 8.78 Å². The first-order valence-corrected chi connectivity index (χ1v) is 25.7. The molecular formula is C61H82F2O4S4. The van der Waals surface area contributed by atoms with Crippen molar-refractivity contribution in [1.82, 2.24) is 0 Å². The van der Waals surface area contributed by atoms with E-state index in [1.807, 2.05) is 61.5 Å². The highest BCUT2D eigenvalue weighted by molar-refractivity contribution is 7.81. The van der Waals surface area contributed by atoms with Crippen LogP contribution in [0, 0.1) is 40.7 Å². The number of carbonyl (C=O) groups excluding carboxylic acids is 4. The first kappa shape index (κ1) is 66.8. The van der Waals surface area contributed by atoms with Gasteiger partial charge in [-0.15, -0.1) is 0 Å². The van der Waals surface area contributed by atoms with E-state index in [2.05, 4.69) is 76.2 Å². The zero-order valence-electron chi connectivity index (χ0n) is 43.9. The van der Waals surface area contributed by atoms with E-state index < -0.39 is 0 Å². The molecule has 0 radical (unpaired) electrons. The fraction of sp³-hybridized carbons (Fsp3) is 0.475. The molecule has 0 unspecified atom stereocenters. The number of rotatable bonds is 21. The fourth-order valence-corrected chi connectivity index (χ4v) is 9.38. The van der Waals surface area contributed by atoms with Crippen LogP contribution in [0.2, 0.25) is 0 Å². The maximum atomic E-state index is 13.4. The molecule has 0 saturated heterocycles. The van der Waals surface area contributed by atoms with Crippen LogP contribution < -0.4 is 0 Å². The van der Waals surface area contributed by atoms with Gasteiger partial charge in [0.15, 0.2) is 0 Å². The second-order valence-electron chi connectivity index (χ2n) is 22.2. The zero-order valence-corrected chi connectivity index (χ0v) is 47.2. The van der Waals surface area contributed by atoms with E-state index in [4.69, 9.17) is 48.9 Å². The summed E-state index contributed by atoms with van der Waals surface area (Å²) in [6.45, 7) is 25.2. The largest absolute Gasteiger partial charge is 0.299 e. The third-order valence-corrected chi connectivity index (χ3v) is 11.0. The lowest BCUT2D eigenvalue weighted by Gasteiger charge is -2.18. The summed E-state index contributed by atoms with van der Waals surface area (Å²) in [7, 11) is 0. The average Bonchev–Trinajstić information content (AvgIpc) is 3.18. The zero-order chi connectivity index (χ0) is 53.2. The Kier molecular flexibility index (Phi) is 31.5. The van der Waals surface area contributed by atoms with Crippen molar-refractivity contribution in [2.75, 3.05) is 0 Å². The van der Waals surface area contributed by atoms with Gasteiger partial charge in [0.05, 0.1) is 0 Å². The molecule has 4 aromatic rings. The Labute approximate surface area is 449 Å². The van der Waals surface area contributed by atoms with Gasteiger partial charge in [-0.1, -0.05) is 223 Å². The monoisotopic (exact) mass is 1040 g/mol. The van der Waals surface area contributed by atoms with Crippen LogP contribution in [-0.4, -0.2) is 42.6 Å². The summed E-state index contributed by atoms with van der Waals surface area (Å²) in [5.74, 6) is 0.372. The van der Waals surface area contributed by atoms with Gasteiger partial charge in [-0.25, -0.2) is 8.78 Å². The number of thiocarbonyl (C=S) groups is 4. The van der Waals surface area contributed by atoms with Crippen LogP contribution in [-0.2, 0) is 44.9 Å². The summed E-state index contributed by atoms with van der Waals surface area (Å²) in [5, 5.41) is 0. The normalized spacial score (nSPS) is 11.0. The molecule has 0 aromatic heterocycles. The number of hydrogen-bond acceptors (Lipinski definition) is 8. The Morgan fingerprint density at radius 2 is 0.831 bits per heavy atom. The summed E-state index contributed by atoms with van der Waals surface area (Å²) < 4.78 is 26.3. The SMILES string of the molecule is C.CC(C)(C)CC(=S)CC(=O)Cc1cccc(F)c1.CC(C)(C)CC(=S)CC(=O)Cc1ccccc1F.CC(C)CC(=S)CC(=O)Cc1ccccc1.Cc1ccc(CC(=O)CC(=S)CC(C)(C)C)cc1. The second kappa shape index (κ2) is 33.5. The molecule has 4 aromatic carbocycles. The van der Waals surface area contributed by atoms with E-state index >= 15 is 0 Å². The van der Waals surface area contributed by atoms with Crippen molar-refractivity contribution in [3.63, 3.8) is 0 Å². The Balaban J connectivity index is 0.000000917. The van der Waals surface area contributed by atoms with Crippen LogP contribution in [0.1, 0.15) is 163 Å². The van der Waals surface area contributed by atoms with E-state index in [-0.39, 0.29) is 77.7 Å². The number of aryl methyl sites for hydroxylation is 1. The minimum Gasteiger partial charge on any atom is -0.299 e. The second-order valence-corrected chi connectivity index (χ2v) is 24.5. The van der Waals surface area contributed by atoms with E-state index in [1.54, 1.807) is 30.3 Å². The van der Waals surface area contributed by atoms with Gasteiger partial charge >= 0.3 is 0 Å². The highest BCUT2D eigenvalue weighted by atomic mass is 32.1. The lowest BCUT2D eigenvalue weighted by molar-refractivity contribution is -0.118. The molecule has 0 saturated carbocycles. The number of carbonyl (C=O) groups is 4. The third-order valence-electron chi connectivity index (χ3n) is 9.80. The smallest absolute Gasteiger partial charge is 0.142 e. The molecule has 388 valence electrons. The van der Waals surface area contributed by atoms with Gasteiger partial charge in [0.1, 0.15) is 34.8 Å². The first-order valence-electron chi connectivity index (χ1n) is 24.1. The summed E-state index contributed by atoms with van der Waals surface area (Å²) in [6, 6.07) is 30.4. The van der Waals surface area contributed by atoms with Gasteiger partial charge in [-0.3, -0.25) is 19.2 Å². The van der Waals surface area contributed by atoms with E-state index in [1.165, 1.54) is 23.8 Å².